The van der Waals surface area contributed by atoms with Crippen molar-refractivity contribution in [3.63, 3.8) is 0 Å². The second kappa shape index (κ2) is 7.69. The average Bonchev–Trinajstić information content (AvgIpc) is 2.54. The molecule has 2 aromatic carbocycles. The number of halogens is 2. The van der Waals surface area contributed by atoms with Crippen LogP contribution in [0.4, 0.5) is 8.78 Å². The molecule has 0 spiro atoms. The van der Waals surface area contributed by atoms with Crippen LogP contribution in [0.3, 0.4) is 0 Å². The third kappa shape index (κ3) is 4.75. The minimum atomic E-state index is -1.10. The van der Waals surface area contributed by atoms with Gasteiger partial charge in [-0.3, -0.25) is 4.79 Å². The fraction of sp³-hybridized carbons (Fsp3) is 0.235. The van der Waals surface area contributed by atoms with Gasteiger partial charge in [0, 0.05) is 5.56 Å². The zero-order chi connectivity index (χ0) is 16.8. The van der Waals surface area contributed by atoms with Crippen LogP contribution in [0.5, 0.6) is 11.5 Å². The highest BCUT2D eigenvalue weighted by atomic mass is 19.2. The summed E-state index contributed by atoms with van der Waals surface area (Å²) in [5, 5.41) is 9.78. The number of hydrogen-bond donors (Lipinski definition) is 1. The Morgan fingerprint density at radius 1 is 1.13 bits per heavy atom. The summed E-state index contributed by atoms with van der Waals surface area (Å²) in [5.74, 6) is -2.07. The number of carbonyl (C=O) groups is 1. The Kier molecular flexibility index (Phi) is 5.65. The summed E-state index contributed by atoms with van der Waals surface area (Å²) in [6.45, 7) is 1.07. The Bertz CT molecular complexity index is 688. The largest absolute Gasteiger partial charge is 0.491 e. The maximum absolute atomic E-state index is 13.4. The van der Waals surface area contributed by atoms with Crippen LogP contribution in [0.2, 0.25) is 0 Å². The fourth-order valence-corrected chi connectivity index (χ4v) is 1.83. The van der Waals surface area contributed by atoms with Crippen molar-refractivity contribution < 1.29 is 28.2 Å². The lowest BCUT2D eigenvalue weighted by molar-refractivity contribution is 0.0609. The van der Waals surface area contributed by atoms with Crippen molar-refractivity contribution in [2.24, 2.45) is 0 Å². The van der Waals surface area contributed by atoms with Gasteiger partial charge in [-0.1, -0.05) is 18.2 Å². The number of ether oxygens (including phenoxy) is 2. The number of ketones is 1. The molecule has 0 unspecified atom stereocenters. The van der Waals surface area contributed by atoms with Crippen LogP contribution in [-0.4, -0.2) is 30.2 Å². The molecule has 0 saturated heterocycles. The van der Waals surface area contributed by atoms with Gasteiger partial charge in [-0.25, -0.2) is 4.39 Å². The van der Waals surface area contributed by atoms with Gasteiger partial charge in [-0.15, -0.1) is 0 Å². The van der Waals surface area contributed by atoms with Gasteiger partial charge < -0.3 is 14.6 Å². The van der Waals surface area contributed by atoms with E-state index < -0.39 is 17.7 Å². The van der Waals surface area contributed by atoms with E-state index in [1.807, 2.05) is 0 Å². The van der Waals surface area contributed by atoms with E-state index in [0.29, 0.717) is 11.3 Å². The van der Waals surface area contributed by atoms with Gasteiger partial charge in [-0.05, 0) is 31.2 Å². The van der Waals surface area contributed by atoms with Crippen LogP contribution >= 0.6 is 0 Å². The number of Topliss-reactive ketones (excluding diaryl/α,β-unsaturated/α-hetero) is 1. The maximum Gasteiger partial charge on any atom is 0.200 e. The third-order valence-electron chi connectivity index (χ3n) is 3.03. The number of benzene rings is 2. The van der Waals surface area contributed by atoms with E-state index in [1.165, 1.54) is 19.1 Å². The van der Waals surface area contributed by atoms with Gasteiger partial charge in [0.2, 0.25) is 5.82 Å². The van der Waals surface area contributed by atoms with Crippen molar-refractivity contribution in [2.75, 3.05) is 13.2 Å². The highest BCUT2D eigenvalue weighted by Gasteiger charge is 2.12. The molecule has 23 heavy (non-hydrogen) atoms. The smallest absolute Gasteiger partial charge is 0.200 e. The summed E-state index contributed by atoms with van der Waals surface area (Å²) >= 11 is 0. The predicted molar refractivity (Wildman–Crippen MR) is 79.8 cm³/mol. The van der Waals surface area contributed by atoms with Crippen molar-refractivity contribution in [3.05, 3.63) is 59.7 Å². The van der Waals surface area contributed by atoms with Crippen LogP contribution in [0.15, 0.2) is 42.5 Å². The summed E-state index contributed by atoms with van der Waals surface area (Å²) in [6.07, 6.45) is -1.04. The van der Waals surface area contributed by atoms with Crippen LogP contribution in [0.25, 0.3) is 0 Å². The lowest BCUT2D eigenvalue weighted by Gasteiger charge is -2.14. The van der Waals surface area contributed by atoms with E-state index >= 15 is 0 Å². The first-order valence-electron chi connectivity index (χ1n) is 6.96. The molecule has 0 radical (unpaired) electrons. The zero-order valence-electron chi connectivity index (χ0n) is 12.5. The van der Waals surface area contributed by atoms with E-state index in [9.17, 15) is 18.7 Å². The third-order valence-corrected chi connectivity index (χ3v) is 3.03. The summed E-state index contributed by atoms with van der Waals surface area (Å²) in [5.41, 5.74) is 0.495. The van der Waals surface area contributed by atoms with Gasteiger partial charge in [-0.2, -0.15) is 4.39 Å². The predicted octanol–water partition coefficient (Wildman–Crippen LogP) is 2.99. The summed E-state index contributed by atoms with van der Waals surface area (Å²) < 4.78 is 36.8. The number of hydrogen-bond acceptors (Lipinski definition) is 4. The van der Waals surface area contributed by atoms with E-state index in [1.54, 1.807) is 24.3 Å². The Hall–Kier alpha value is -2.47. The molecule has 6 heteroatoms. The number of aliphatic hydroxyl groups is 1. The molecule has 0 bridgehead atoms. The molecule has 1 N–H and O–H groups in total. The minimum Gasteiger partial charge on any atom is -0.491 e. The van der Waals surface area contributed by atoms with Gasteiger partial charge >= 0.3 is 0 Å². The SMILES string of the molecule is CC(=O)c1cccc(OC[C@@H](O)COc2cccc(F)c2F)c1. The highest BCUT2D eigenvalue weighted by molar-refractivity contribution is 5.94. The van der Waals surface area contributed by atoms with Crippen LogP contribution < -0.4 is 9.47 Å². The Morgan fingerprint density at radius 3 is 2.57 bits per heavy atom. The summed E-state index contributed by atoms with van der Waals surface area (Å²) in [6, 6.07) is 10.1. The first-order valence-corrected chi connectivity index (χ1v) is 6.96. The molecule has 0 saturated carbocycles. The van der Waals surface area contributed by atoms with E-state index in [0.717, 1.165) is 6.07 Å². The maximum atomic E-state index is 13.4. The van der Waals surface area contributed by atoms with Crippen LogP contribution in [0.1, 0.15) is 17.3 Å². The lowest BCUT2D eigenvalue weighted by atomic mass is 10.1. The lowest BCUT2D eigenvalue weighted by Crippen LogP contribution is -2.25. The van der Waals surface area contributed by atoms with Crippen molar-refractivity contribution in [1.82, 2.24) is 0 Å². The number of rotatable bonds is 7. The van der Waals surface area contributed by atoms with E-state index in [-0.39, 0.29) is 24.7 Å². The monoisotopic (exact) mass is 322 g/mol. The molecule has 2 rings (SSSR count). The number of carbonyl (C=O) groups excluding carboxylic acids is 1. The molecule has 0 heterocycles. The van der Waals surface area contributed by atoms with Crippen molar-refractivity contribution >= 4 is 5.78 Å². The minimum absolute atomic E-state index is 0.0964. The molecule has 0 aliphatic heterocycles. The molecular formula is C17H16F2O4. The second-order valence-electron chi connectivity index (χ2n) is 4.91. The van der Waals surface area contributed by atoms with Crippen LogP contribution in [0, 0.1) is 11.6 Å². The molecule has 122 valence electrons. The van der Waals surface area contributed by atoms with Gasteiger partial charge in [0.1, 0.15) is 25.1 Å². The highest BCUT2D eigenvalue weighted by Crippen LogP contribution is 2.19. The quantitative estimate of drug-likeness (QED) is 0.796. The molecule has 0 aromatic heterocycles. The molecule has 0 amide bonds. The summed E-state index contributed by atoms with van der Waals surface area (Å²) in [7, 11) is 0. The molecule has 0 fully saturated rings. The van der Waals surface area contributed by atoms with Gasteiger partial charge in [0.15, 0.2) is 17.3 Å². The second-order valence-corrected chi connectivity index (χ2v) is 4.91. The van der Waals surface area contributed by atoms with Crippen molar-refractivity contribution in [1.29, 1.82) is 0 Å². The standard InChI is InChI=1S/C17H16F2O4/c1-11(20)12-4-2-5-14(8-12)22-9-13(21)10-23-16-7-3-6-15(18)17(16)19/h2-8,13,21H,9-10H2,1H3/t13-/m1/s1. The summed E-state index contributed by atoms with van der Waals surface area (Å²) in [4.78, 5) is 11.3. The van der Waals surface area contributed by atoms with E-state index in [2.05, 4.69) is 0 Å². The van der Waals surface area contributed by atoms with Gasteiger partial charge in [0.05, 0.1) is 0 Å². The molecule has 1 atom stereocenters. The molecule has 4 nitrogen and oxygen atoms in total. The Balaban J connectivity index is 1.85. The molecule has 0 aliphatic carbocycles. The fourth-order valence-electron chi connectivity index (χ4n) is 1.83. The first-order chi connectivity index (χ1) is 11.0. The van der Waals surface area contributed by atoms with Crippen LogP contribution in [-0.2, 0) is 0 Å². The first kappa shape index (κ1) is 16.9. The van der Waals surface area contributed by atoms with Gasteiger partial charge in [0.25, 0.3) is 0 Å². The normalized spacial score (nSPS) is 11.8. The Morgan fingerprint density at radius 2 is 1.83 bits per heavy atom. The average molecular weight is 322 g/mol. The van der Waals surface area contributed by atoms with Crippen molar-refractivity contribution in [2.45, 2.75) is 13.0 Å². The zero-order valence-corrected chi connectivity index (χ0v) is 12.5. The molecular weight excluding hydrogens is 306 g/mol. The molecule has 0 aliphatic rings. The molecule has 2 aromatic rings. The van der Waals surface area contributed by atoms with Crippen molar-refractivity contribution in [3.8, 4) is 11.5 Å². The van der Waals surface area contributed by atoms with E-state index in [4.69, 9.17) is 9.47 Å². The number of aliphatic hydroxyl groups excluding tert-OH is 1. The topological polar surface area (TPSA) is 55.8 Å². The Labute approximate surface area is 132 Å².